The number of carbonyl (C=O) groups excluding carboxylic acids is 1. The minimum Gasteiger partial charge on any atom is -0.363 e. The molecule has 2 N–H and O–H groups in total. The number of amides is 1. The number of nitrogens with two attached hydrogens (primary N) is 1. The predicted octanol–water partition coefficient (Wildman–Crippen LogP) is -0.530. The lowest BCUT2D eigenvalue weighted by molar-refractivity contribution is 0.0986. The first-order valence-corrected chi connectivity index (χ1v) is 2.90. The molecule has 10 heavy (non-hydrogen) atoms. The van der Waals surface area contributed by atoms with Crippen molar-refractivity contribution in [3.05, 3.63) is 5.82 Å². The number of primary amides is 1. The zero-order valence-electron chi connectivity index (χ0n) is 5.24. The quantitative estimate of drug-likeness (QED) is 0.595. The average molecular weight is 157 g/mol. The van der Waals surface area contributed by atoms with E-state index < -0.39 is 5.91 Å². The molecule has 0 aliphatic carbocycles. The number of hydrogen-bond donors (Lipinski definition) is 1. The highest BCUT2D eigenvalue weighted by molar-refractivity contribution is 7.80. The van der Waals surface area contributed by atoms with E-state index in [1.807, 2.05) is 0 Å². The van der Waals surface area contributed by atoms with Gasteiger partial charge in [-0.1, -0.05) is 0 Å². The third kappa shape index (κ3) is 0.926. The second-order valence-electron chi connectivity index (χ2n) is 1.73. The van der Waals surface area contributed by atoms with Crippen molar-refractivity contribution in [3.8, 4) is 0 Å². The van der Waals surface area contributed by atoms with Gasteiger partial charge in [0.2, 0.25) is 11.0 Å². The molecule has 1 radical (unpaired) electrons. The van der Waals surface area contributed by atoms with Gasteiger partial charge in [-0.05, 0) is 12.6 Å². The standard InChI is InChI=1S/C4H5N4OS/c1-8-3(2(5)9)6-7-4(8)10/h1H3,(H2,5,9). The average Bonchev–Trinajstić information content (AvgIpc) is 2.14. The predicted molar refractivity (Wildman–Crippen MR) is 35.4 cm³/mol. The number of aromatic nitrogens is 3. The first-order valence-electron chi connectivity index (χ1n) is 2.49. The van der Waals surface area contributed by atoms with Crippen LogP contribution < -0.4 is 5.73 Å². The summed E-state index contributed by atoms with van der Waals surface area (Å²) >= 11 is 4.67. The normalized spacial score (nSPS) is 9.70. The summed E-state index contributed by atoms with van der Waals surface area (Å²) in [5.41, 5.74) is 4.92. The summed E-state index contributed by atoms with van der Waals surface area (Å²) in [5, 5.41) is 7.17. The van der Waals surface area contributed by atoms with Crippen LogP contribution in [-0.2, 0) is 7.05 Å². The highest BCUT2D eigenvalue weighted by Gasteiger charge is 2.10. The van der Waals surface area contributed by atoms with Crippen molar-refractivity contribution in [2.45, 2.75) is 5.16 Å². The minimum absolute atomic E-state index is 0.0880. The third-order valence-corrected chi connectivity index (χ3v) is 1.41. The summed E-state index contributed by atoms with van der Waals surface area (Å²) in [6, 6.07) is 0. The summed E-state index contributed by atoms with van der Waals surface area (Å²) in [6.45, 7) is 0. The molecule has 0 saturated carbocycles. The maximum absolute atomic E-state index is 10.5. The number of hydrogen-bond acceptors (Lipinski definition) is 3. The van der Waals surface area contributed by atoms with Crippen LogP contribution in [-0.4, -0.2) is 20.7 Å². The van der Waals surface area contributed by atoms with Crippen molar-refractivity contribution in [1.29, 1.82) is 0 Å². The van der Waals surface area contributed by atoms with Gasteiger partial charge in [-0.25, -0.2) is 0 Å². The molecule has 0 aromatic carbocycles. The van der Waals surface area contributed by atoms with E-state index in [9.17, 15) is 4.79 Å². The molecule has 0 spiro atoms. The molecule has 5 nitrogen and oxygen atoms in total. The lowest BCUT2D eigenvalue weighted by atomic mass is 10.6. The maximum Gasteiger partial charge on any atom is 0.286 e. The summed E-state index contributed by atoms with van der Waals surface area (Å²) in [7, 11) is 1.59. The van der Waals surface area contributed by atoms with Gasteiger partial charge >= 0.3 is 0 Å². The van der Waals surface area contributed by atoms with Crippen molar-refractivity contribution >= 4 is 18.5 Å². The highest BCUT2D eigenvalue weighted by Crippen LogP contribution is 2.00. The molecule has 0 aliphatic heterocycles. The molecule has 0 aliphatic rings. The van der Waals surface area contributed by atoms with E-state index in [1.54, 1.807) is 7.05 Å². The molecular weight excluding hydrogens is 152 g/mol. The molecule has 1 amide bonds. The van der Waals surface area contributed by atoms with E-state index in [1.165, 1.54) is 4.57 Å². The second kappa shape index (κ2) is 2.22. The number of rotatable bonds is 1. The molecule has 1 heterocycles. The van der Waals surface area contributed by atoms with Gasteiger partial charge in [-0.15, -0.1) is 10.2 Å². The Morgan fingerprint density at radius 1 is 1.70 bits per heavy atom. The molecule has 0 fully saturated rings. The molecule has 1 rings (SSSR count). The topological polar surface area (TPSA) is 73.8 Å². The number of carbonyl (C=O) groups is 1. The van der Waals surface area contributed by atoms with Crippen molar-refractivity contribution in [2.75, 3.05) is 0 Å². The molecule has 1 aromatic rings. The fraction of sp³-hybridized carbons (Fsp3) is 0.250. The summed E-state index contributed by atoms with van der Waals surface area (Å²) in [5.74, 6) is -0.531. The molecule has 0 bridgehead atoms. The SMILES string of the molecule is Cn1c([S])nnc1C(N)=O. The molecule has 53 valence electrons. The van der Waals surface area contributed by atoms with E-state index in [4.69, 9.17) is 5.73 Å². The lowest BCUT2D eigenvalue weighted by Crippen LogP contribution is -2.16. The zero-order valence-corrected chi connectivity index (χ0v) is 6.05. The van der Waals surface area contributed by atoms with Gasteiger partial charge in [-0.3, -0.25) is 9.36 Å². The first-order chi connectivity index (χ1) is 4.63. The Morgan fingerprint density at radius 2 is 2.30 bits per heavy atom. The van der Waals surface area contributed by atoms with E-state index in [0.29, 0.717) is 0 Å². The van der Waals surface area contributed by atoms with Crippen molar-refractivity contribution in [1.82, 2.24) is 14.8 Å². The van der Waals surface area contributed by atoms with Gasteiger partial charge in [0.25, 0.3) is 5.91 Å². The maximum atomic E-state index is 10.5. The van der Waals surface area contributed by atoms with Gasteiger partial charge in [0, 0.05) is 7.05 Å². The minimum atomic E-state index is -0.619. The van der Waals surface area contributed by atoms with E-state index >= 15 is 0 Å². The number of nitrogens with zero attached hydrogens (tertiary/aromatic N) is 3. The zero-order chi connectivity index (χ0) is 7.72. The van der Waals surface area contributed by atoms with Gasteiger partial charge in [-0.2, -0.15) is 0 Å². The van der Waals surface area contributed by atoms with Crippen LogP contribution in [0.25, 0.3) is 0 Å². The van der Waals surface area contributed by atoms with Crippen LogP contribution in [0.3, 0.4) is 0 Å². The van der Waals surface area contributed by atoms with E-state index in [2.05, 4.69) is 22.8 Å². The molecular formula is C4H5N4OS. The second-order valence-corrected chi connectivity index (χ2v) is 2.09. The highest BCUT2D eigenvalue weighted by atomic mass is 32.1. The molecule has 0 atom stereocenters. The van der Waals surface area contributed by atoms with Crippen LogP contribution in [0.4, 0.5) is 0 Å². The summed E-state index contributed by atoms with van der Waals surface area (Å²) in [6.07, 6.45) is 0. The monoisotopic (exact) mass is 157 g/mol. The first kappa shape index (κ1) is 6.94. The van der Waals surface area contributed by atoms with Crippen LogP contribution in [0.1, 0.15) is 10.6 Å². The Morgan fingerprint density at radius 3 is 2.50 bits per heavy atom. The van der Waals surface area contributed by atoms with Crippen LogP contribution in [0.5, 0.6) is 0 Å². The molecule has 1 aromatic heterocycles. The fourth-order valence-electron chi connectivity index (χ4n) is 0.529. The van der Waals surface area contributed by atoms with Crippen molar-refractivity contribution in [3.63, 3.8) is 0 Å². The van der Waals surface area contributed by atoms with Crippen LogP contribution >= 0.6 is 12.6 Å². The Hall–Kier alpha value is -1.17. The Labute approximate surface area is 62.6 Å². The Balaban J connectivity index is 3.17. The van der Waals surface area contributed by atoms with Gasteiger partial charge < -0.3 is 5.73 Å². The van der Waals surface area contributed by atoms with E-state index in [0.717, 1.165) is 0 Å². The molecule has 0 saturated heterocycles. The van der Waals surface area contributed by atoms with Crippen LogP contribution in [0, 0.1) is 0 Å². The Bertz CT molecular complexity index is 268. The van der Waals surface area contributed by atoms with Crippen molar-refractivity contribution in [2.24, 2.45) is 12.8 Å². The van der Waals surface area contributed by atoms with Gasteiger partial charge in [0.15, 0.2) is 0 Å². The Kier molecular flexibility index (Phi) is 1.54. The lowest BCUT2D eigenvalue weighted by Gasteiger charge is -1.92. The van der Waals surface area contributed by atoms with Crippen LogP contribution in [0.15, 0.2) is 5.16 Å². The fourth-order valence-corrected chi connectivity index (χ4v) is 0.657. The van der Waals surface area contributed by atoms with Crippen LogP contribution in [0.2, 0.25) is 0 Å². The van der Waals surface area contributed by atoms with Gasteiger partial charge in [0.1, 0.15) is 0 Å². The van der Waals surface area contributed by atoms with Crippen molar-refractivity contribution < 1.29 is 4.79 Å². The molecule has 6 heteroatoms. The largest absolute Gasteiger partial charge is 0.363 e. The smallest absolute Gasteiger partial charge is 0.286 e. The molecule has 0 unspecified atom stereocenters. The third-order valence-electron chi connectivity index (χ3n) is 1.06. The van der Waals surface area contributed by atoms with E-state index in [-0.39, 0.29) is 11.0 Å². The summed E-state index contributed by atoms with van der Waals surface area (Å²) in [4.78, 5) is 10.5. The summed E-state index contributed by atoms with van der Waals surface area (Å²) < 4.78 is 1.36. The van der Waals surface area contributed by atoms with Gasteiger partial charge in [0.05, 0.1) is 0 Å².